The predicted octanol–water partition coefficient (Wildman–Crippen LogP) is 4.48. The van der Waals surface area contributed by atoms with Crippen LogP contribution >= 0.6 is 0 Å². The molecule has 0 spiro atoms. The summed E-state index contributed by atoms with van der Waals surface area (Å²) in [5, 5.41) is 5.16. The van der Waals surface area contributed by atoms with Crippen molar-refractivity contribution in [2.45, 2.75) is 0 Å². The van der Waals surface area contributed by atoms with Gasteiger partial charge in [0, 0.05) is 11.8 Å². The van der Waals surface area contributed by atoms with Crippen LogP contribution in [0.25, 0.3) is 0 Å². The molecule has 0 fully saturated rings. The Morgan fingerprint density at radius 3 is 2.36 bits per heavy atom. The molecular formula is C21H16F2N2O3. The Morgan fingerprint density at radius 2 is 1.57 bits per heavy atom. The highest BCUT2D eigenvalue weighted by atomic mass is 19.1. The van der Waals surface area contributed by atoms with E-state index in [1.54, 1.807) is 36.4 Å². The Hall–Kier alpha value is -3.74. The Labute approximate surface area is 160 Å². The van der Waals surface area contributed by atoms with Crippen LogP contribution in [-0.2, 0) is 0 Å². The molecule has 0 unspecified atom stereocenters. The fourth-order valence-electron chi connectivity index (χ4n) is 2.55. The third-order valence-corrected chi connectivity index (χ3v) is 3.92. The molecule has 3 aromatic rings. The van der Waals surface area contributed by atoms with Crippen molar-refractivity contribution in [3.63, 3.8) is 0 Å². The summed E-state index contributed by atoms with van der Waals surface area (Å²) >= 11 is 0. The summed E-state index contributed by atoms with van der Waals surface area (Å²) in [5.41, 5.74) is 0.372. The summed E-state index contributed by atoms with van der Waals surface area (Å²) in [5.74, 6) is -2.38. The van der Waals surface area contributed by atoms with Crippen molar-refractivity contribution in [2.24, 2.45) is 0 Å². The van der Waals surface area contributed by atoms with Crippen molar-refractivity contribution in [1.82, 2.24) is 0 Å². The number of nitrogens with one attached hydrogen (secondary N) is 2. The number of benzene rings is 3. The lowest BCUT2D eigenvalue weighted by Gasteiger charge is -2.12. The van der Waals surface area contributed by atoms with Gasteiger partial charge in [0.1, 0.15) is 17.4 Å². The van der Waals surface area contributed by atoms with E-state index in [9.17, 15) is 18.4 Å². The van der Waals surface area contributed by atoms with Crippen LogP contribution in [0.5, 0.6) is 5.75 Å². The predicted molar refractivity (Wildman–Crippen MR) is 102 cm³/mol. The normalized spacial score (nSPS) is 10.2. The molecule has 2 amide bonds. The molecule has 142 valence electrons. The number of para-hydroxylation sites is 1. The van der Waals surface area contributed by atoms with E-state index in [2.05, 4.69) is 10.6 Å². The van der Waals surface area contributed by atoms with Crippen LogP contribution in [0.15, 0.2) is 66.7 Å². The van der Waals surface area contributed by atoms with E-state index in [4.69, 9.17) is 4.74 Å². The molecule has 3 rings (SSSR count). The molecule has 28 heavy (non-hydrogen) atoms. The van der Waals surface area contributed by atoms with Crippen molar-refractivity contribution in [1.29, 1.82) is 0 Å². The fourth-order valence-corrected chi connectivity index (χ4v) is 2.55. The summed E-state index contributed by atoms with van der Waals surface area (Å²) < 4.78 is 32.3. The minimum Gasteiger partial charge on any atom is -0.497 e. The van der Waals surface area contributed by atoms with Crippen LogP contribution in [0.2, 0.25) is 0 Å². The van der Waals surface area contributed by atoms with Gasteiger partial charge in [-0.15, -0.1) is 0 Å². The number of anilines is 2. The largest absolute Gasteiger partial charge is 0.497 e. The van der Waals surface area contributed by atoms with Gasteiger partial charge in [0.25, 0.3) is 11.8 Å². The number of amides is 2. The van der Waals surface area contributed by atoms with Gasteiger partial charge < -0.3 is 15.4 Å². The SMILES string of the molecule is COc1cccc(NC(=O)c2ccccc2NC(=O)c2cc(F)ccc2F)c1. The van der Waals surface area contributed by atoms with Crippen molar-refractivity contribution in [2.75, 3.05) is 17.7 Å². The first-order valence-electron chi connectivity index (χ1n) is 8.29. The summed E-state index contributed by atoms with van der Waals surface area (Å²) in [6, 6.07) is 15.6. The van der Waals surface area contributed by atoms with Gasteiger partial charge in [0.05, 0.1) is 23.9 Å². The molecule has 0 aliphatic carbocycles. The average molecular weight is 382 g/mol. The molecule has 0 heterocycles. The van der Waals surface area contributed by atoms with Gasteiger partial charge in [-0.2, -0.15) is 0 Å². The van der Waals surface area contributed by atoms with E-state index in [1.807, 2.05) is 0 Å². The third kappa shape index (κ3) is 4.32. The monoisotopic (exact) mass is 382 g/mol. The van der Waals surface area contributed by atoms with Crippen LogP contribution in [0.1, 0.15) is 20.7 Å². The maximum atomic E-state index is 13.8. The molecule has 0 radical (unpaired) electrons. The second kappa shape index (κ2) is 8.30. The van der Waals surface area contributed by atoms with E-state index in [1.165, 1.54) is 19.2 Å². The molecule has 0 bridgehead atoms. The number of carbonyl (C=O) groups is 2. The van der Waals surface area contributed by atoms with Crippen molar-refractivity contribution < 1.29 is 23.1 Å². The Kier molecular flexibility index (Phi) is 5.64. The van der Waals surface area contributed by atoms with Crippen molar-refractivity contribution in [3.05, 3.63) is 89.5 Å². The summed E-state index contributed by atoms with van der Waals surface area (Å²) in [6.07, 6.45) is 0. The van der Waals surface area contributed by atoms with E-state index >= 15 is 0 Å². The fraction of sp³-hybridized carbons (Fsp3) is 0.0476. The minimum atomic E-state index is -0.864. The van der Waals surface area contributed by atoms with Crippen molar-refractivity contribution in [3.8, 4) is 5.75 Å². The lowest BCUT2D eigenvalue weighted by atomic mass is 10.1. The van der Waals surface area contributed by atoms with Crippen molar-refractivity contribution >= 4 is 23.2 Å². The number of methoxy groups -OCH3 is 1. The number of rotatable bonds is 5. The van der Waals surface area contributed by atoms with E-state index in [0.29, 0.717) is 11.4 Å². The molecule has 0 aliphatic rings. The first-order chi connectivity index (χ1) is 13.5. The first kappa shape index (κ1) is 19.0. The van der Waals surface area contributed by atoms with Gasteiger partial charge in [-0.25, -0.2) is 8.78 Å². The molecule has 2 N–H and O–H groups in total. The molecule has 0 saturated carbocycles. The topological polar surface area (TPSA) is 67.4 Å². The van der Waals surface area contributed by atoms with Crippen LogP contribution in [-0.4, -0.2) is 18.9 Å². The molecule has 0 saturated heterocycles. The maximum absolute atomic E-state index is 13.8. The molecule has 5 nitrogen and oxygen atoms in total. The number of ether oxygens (including phenoxy) is 1. The van der Waals surface area contributed by atoms with Crippen LogP contribution in [0.3, 0.4) is 0 Å². The Balaban J connectivity index is 1.83. The highest BCUT2D eigenvalue weighted by Crippen LogP contribution is 2.21. The number of carbonyl (C=O) groups excluding carboxylic acids is 2. The molecule has 7 heteroatoms. The average Bonchev–Trinajstić information content (AvgIpc) is 2.70. The molecule has 0 aromatic heterocycles. The molecular weight excluding hydrogens is 366 g/mol. The molecule has 0 aliphatic heterocycles. The smallest absolute Gasteiger partial charge is 0.258 e. The minimum absolute atomic E-state index is 0.162. The van der Waals surface area contributed by atoms with Gasteiger partial charge in [-0.3, -0.25) is 9.59 Å². The van der Waals surface area contributed by atoms with Crippen LogP contribution < -0.4 is 15.4 Å². The van der Waals surface area contributed by atoms with E-state index < -0.39 is 29.0 Å². The zero-order valence-corrected chi connectivity index (χ0v) is 14.8. The van der Waals surface area contributed by atoms with Gasteiger partial charge in [-0.1, -0.05) is 18.2 Å². The van der Waals surface area contributed by atoms with Gasteiger partial charge in [0.2, 0.25) is 0 Å². The summed E-state index contributed by atoms with van der Waals surface area (Å²) in [4.78, 5) is 25.0. The Morgan fingerprint density at radius 1 is 0.821 bits per heavy atom. The van der Waals surface area contributed by atoms with Crippen LogP contribution in [0.4, 0.5) is 20.2 Å². The number of halogens is 2. The Bertz CT molecular complexity index is 1040. The first-order valence-corrected chi connectivity index (χ1v) is 8.29. The summed E-state index contributed by atoms with van der Waals surface area (Å²) in [7, 11) is 1.51. The lowest BCUT2D eigenvalue weighted by molar-refractivity contribution is 0.102. The number of hydrogen-bond donors (Lipinski definition) is 2. The lowest BCUT2D eigenvalue weighted by Crippen LogP contribution is -2.19. The molecule has 3 aromatic carbocycles. The van der Waals surface area contributed by atoms with Gasteiger partial charge in [0.15, 0.2) is 0 Å². The standard InChI is InChI=1S/C21H16F2N2O3/c1-28-15-6-4-5-14(12-15)24-20(26)16-7-2-3-8-19(16)25-21(27)17-11-13(22)9-10-18(17)23/h2-12H,1H3,(H,24,26)(H,25,27). The zero-order valence-electron chi connectivity index (χ0n) is 14.8. The second-order valence-corrected chi connectivity index (χ2v) is 5.81. The van der Waals surface area contributed by atoms with Gasteiger partial charge in [-0.05, 0) is 42.5 Å². The maximum Gasteiger partial charge on any atom is 0.258 e. The third-order valence-electron chi connectivity index (χ3n) is 3.92. The number of hydrogen-bond acceptors (Lipinski definition) is 3. The highest BCUT2D eigenvalue weighted by Gasteiger charge is 2.17. The second-order valence-electron chi connectivity index (χ2n) is 5.81. The van der Waals surface area contributed by atoms with E-state index in [0.717, 1.165) is 18.2 Å². The highest BCUT2D eigenvalue weighted by molar-refractivity contribution is 6.12. The summed E-state index contributed by atoms with van der Waals surface area (Å²) in [6.45, 7) is 0. The van der Waals surface area contributed by atoms with Gasteiger partial charge >= 0.3 is 0 Å². The van der Waals surface area contributed by atoms with E-state index in [-0.39, 0.29) is 11.3 Å². The van der Waals surface area contributed by atoms with Crippen LogP contribution in [0, 0.1) is 11.6 Å². The zero-order chi connectivity index (χ0) is 20.1. The quantitative estimate of drug-likeness (QED) is 0.684. The molecule has 0 atom stereocenters.